The summed E-state index contributed by atoms with van der Waals surface area (Å²) in [5.41, 5.74) is 5.70. The molecule has 1 aromatic rings. The van der Waals surface area contributed by atoms with E-state index in [2.05, 4.69) is 10.9 Å². The van der Waals surface area contributed by atoms with E-state index in [1.807, 2.05) is 12.2 Å². The Morgan fingerprint density at radius 3 is 2.61 bits per heavy atom. The number of hydrogen-bond acceptors (Lipinski definition) is 4. The molecule has 23 heavy (non-hydrogen) atoms. The van der Waals surface area contributed by atoms with E-state index in [0.29, 0.717) is 11.5 Å². The van der Waals surface area contributed by atoms with Crippen molar-refractivity contribution in [2.75, 3.05) is 14.2 Å². The van der Waals surface area contributed by atoms with E-state index in [4.69, 9.17) is 9.47 Å². The Hall–Kier alpha value is -2.50. The Balaban J connectivity index is 1.86. The molecule has 2 N–H and O–H groups in total. The summed E-state index contributed by atoms with van der Waals surface area (Å²) in [7, 11) is 3.10. The number of ether oxygens (including phenoxy) is 2. The van der Waals surface area contributed by atoms with E-state index in [-0.39, 0.29) is 24.2 Å². The number of allylic oxidation sites excluding steroid dienone is 1. The summed E-state index contributed by atoms with van der Waals surface area (Å²) in [5, 5.41) is 0. The molecule has 2 rings (SSSR count). The zero-order chi connectivity index (χ0) is 16.7. The number of benzene rings is 1. The van der Waals surface area contributed by atoms with Gasteiger partial charge in [-0.2, -0.15) is 0 Å². The second-order valence-electron chi connectivity index (χ2n) is 5.37. The fourth-order valence-electron chi connectivity index (χ4n) is 2.48. The number of carbonyl (C=O) groups is 2. The summed E-state index contributed by atoms with van der Waals surface area (Å²) in [6.45, 7) is 0. The van der Waals surface area contributed by atoms with Crippen molar-refractivity contribution in [1.29, 1.82) is 0 Å². The predicted molar refractivity (Wildman–Crippen MR) is 86.0 cm³/mol. The number of carbonyl (C=O) groups excluding carboxylic acids is 2. The lowest BCUT2D eigenvalue weighted by Gasteiger charge is -2.16. The van der Waals surface area contributed by atoms with Crippen LogP contribution in [0, 0.1) is 5.92 Å². The largest absolute Gasteiger partial charge is 0.493 e. The lowest BCUT2D eigenvalue weighted by Crippen LogP contribution is -2.45. The van der Waals surface area contributed by atoms with Crippen molar-refractivity contribution in [3.8, 4) is 11.5 Å². The zero-order valence-electron chi connectivity index (χ0n) is 13.4. The van der Waals surface area contributed by atoms with E-state index in [0.717, 1.165) is 24.8 Å². The average Bonchev–Trinajstić information content (AvgIpc) is 2.60. The van der Waals surface area contributed by atoms with Gasteiger partial charge in [0.2, 0.25) is 11.8 Å². The van der Waals surface area contributed by atoms with Gasteiger partial charge in [0.1, 0.15) is 0 Å². The first-order chi connectivity index (χ1) is 11.1. The SMILES string of the molecule is COc1ccc(CC(=O)NNC(=O)[C@H]2C=CCCC2)cc1OC. The van der Waals surface area contributed by atoms with Crippen LogP contribution in [-0.4, -0.2) is 26.0 Å². The fraction of sp³-hybridized carbons (Fsp3) is 0.412. The first kappa shape index (κ1) is 16.9. The highest BCUT2D eigenvalue weighted by Gasteiger charge is 2.17. The highest BCUT2D eigenvalue weighted by atomic mass is 16.5. The summed E-state index contributed by atoms with van der Waals surface area (Å²) in [5.74, 6) is 0.542. The first-order valence-corrected chi connectivity index (χ1v) is 7.60. The molecule has 1 aliphatic rings. The van der Waals surface area contributed by atoms with Gasteiger partial charge >= 0.3 is 0 Å². The van der Waals surface area contributed by atoms with Gasteiger partial charge < -0.3 is 9.47 Å². The second kappa shape index (κ2) is 8.22. The third kappa shape index (κ3) is 4.74. The van der Waals surface area contributed by atoms with Crippen molar-refractivity contribution in [2.24, 2.45) is 5.92 Å². The lowest BCUT2D eigenvalue weighted by atomic mass is 9.95. The molecule has 0 saturated heterocycles. The van der Waals surface area contributed by atoms with Crippen molar-refractivity contribution in [3.63, 3.8) is 0 Å². The number of nitrogens with one attached hydrogen (secondary N) is 2. The quantitative estimate of drug-likeness (QED) is 0.640. The molecule has 1 atom stereocenters. The minimum atomic E-state index is -0.287. The van der Waals surface area contributed by atoms with E-state index in [1.165, 1.54) is 0 Å². The third-order valence-electron chi connectivity index (χ3n) is 3.73. The normalized spacial score (nSPS) is 16.5. The van der Waals surface area contributed by atoms with Crippen LogP contribution in [0.25, 0.3) is 0 Å². The van der Waals surface area contributed by atoms with Crippen molar-refractivity contribution >= 4 is 11.8 Å². The molecule has 0 aromatic heterocycles. The van der Waals surface area contributed by atoms with Crippen molar-refractivity contribution < 1.29 is 19.1 Å². The molecular weight excluding hydrogens is 296 g/mol. The van der Waals surface area contributed by atoms with Crippen molar-refractivity contribution in [3.05, 3.63) is 35.9 Å². The molecule has 0 aliphatic heterocycles. The molecule has 1 aliphatic carbocycles. The van der Waals surface area contributed by atoms with Crippen LogP contribution in [0.4, 0.5) is 0 Å². The summed E-state index contributed by atoms with van der Waals surface area (Å²) in [4.78, 5) is 23.9. The van der Waals surface area contributed by atoms with Crippen molar-refractivity contribution in [1.82, 2.24) is 10.9 Å². The third-order valence-corrected chi connectivity index (χ3v) is 3.73. The minimum absolute atomic E-state index is 0.140. The molecule has 0 spiro atoms. The van der Waals surface area contributed by atoms with Gasteiger partial charge in [-0.05, 0) is 37.0 Å². The van der Waals surface area contributed by atoms with Gasteiger partial charge in [0.25, 0.3) is 0 Å². The van der Waals surface area contributed by atoms with Gasteiger partial charge in [-0.25, -0.2) is 0 Å². The van der Waals surface area contributed by atoms with Crippen LogP contribution in [0.1, 0.15) is 24.8 Å². The number of amides is 2. The second-order valence-corrected chi connectivity index (χ2v) is 5.37. The topological polar surface area (TPSA) is 76.7 Å². The van der Waals surface area contributed by atoms with Crippen LogP contribution in [0.5, 0.6) is 11.5 Å². The van der Waals surface area contributed by atoms with Gasteiger partial charge in [0, 0.05) is 0 Å². The maximum Gasteiger partial charge on any atom is 0.245 e. The molecule has 124 valence electrons. The first-order valence-electron chi connectivity index (χ1n) is 7.60. The summed E-state index contributed by atoms with van der Waals surface area (Å²) >= 11 is 0. The van der Waals surface area contributed by atoms with E-state index in [1.54, 1.807) is 32.4 Å². The minimum Gasteiger partial charge on any atom is -0.493 e. The Kier molecular flexibility index (Phi) is 6.02. The summed E-state index contributed by atoms with van der Waals surface area (Å²) in [6.07, 6.45) is 6.84. The molecule has 0 saturated carbocycles. The van der Waals surface area contributed by atoms with E-state index >= 15 is 0 Å². The zero-order valence-corrected chi connectivity index (χ0v) is 13.4. The van der Waals surface area contributed by atoms with Crippen LogP contribution in [0.3, 0.4) is 0 Å². The fourth-order valence-corrected chi connectivity index (χ4v) is 2.48. The molecule has 1 aromatic carbocycles. The lowest BCUT2D eigenvalue weighted by molar-refractivity contribution is -0.130. The molecule has 0 fully saturated rings. The van der Waals surface area contributed by atoms with Crippen LogP contribution in [-0.2, 0) is 16.0 Å². The smallest absolute Gasteiger partial charge is 0.245 e. The molecular formula is C17H22N2O4. The number of methoxy groups -OCH3 is 2. The molecule has 0 radical (unpaired) electrons. The maximum atomic E-state index is 11.9. The molecule has 2 amide bonds. The molecule has 0 bridgehead atoms. The molecule has 0 heterocycles. The van der Waals surface area contributed by atoms with Gasteiger partial charge in [0.15, 0.2) is 11.5 Å². The number of hydrogen-bond donors (Lipinski definition) is 2. The molecule has 0 unspecified atom stereocenters. The molecule has 6 heteroatoms. The van der Waals surface area contributed by atoms with Crippen LogP contribution >= 0.6 is 0 Å². The Bertz CT molecular complexity index is 598. The van der Waals surface area contributed by atoms with Crippen LogP contribution < -0.4 is 20.3 Å². The number of hydrazine groups is 1. The van der Waals surface area contributed by atoms with Gasteiger partial charge in [0.05, 0.1) is 26.6 Å². The Labute approximate surface area is 135 Å². The average molecular weight is 318 g/mol. The Morgan fingerprint density at radius 2 is 1.96 bits per heavy atom. The van der Waals surface area contributed by atoms with Crippen LogP contribution in [0.2, 0.25) is 0 Å². The van der Waals surface area contributed by atoms with Gasteiger partial charge in [-0.1, -0.05) is 18.2 Å². The monoisotopic (exact) mass is 318 g/mol. The standard InChI is InChI=1S/C17H22N2O4/c1-22-14-9-8-12(10-15(14)23-2)11-16(20)18-19-17(21)13-6-4-3-5-7-13/h4,6,8-10,13H,3,5,7,11H2,1-2H3,(H,18,20)(H,19,21)/t13-/m0/s1. The highest BCUT2D eigenvalue weighted by Crippen LogP contribution is 2.27. The predicted octanol–water partition coefficient (Wildman–Crippen LogP) is 1.75. The van der Waals surface area contributed by atoms with Crippen molar-refractivity contribution in [2.45, 2.75) is 25.7 Å². The van der Waals surface area contributed by atoms with Gasteiger partial charge in [-0.3, -0.25) is 20.4 Å². The summed E-state index contributed by atoms with van der Waals surface area (Å²) < 4.78 is 10.4. The Morgan fingerprint density at radius 1 is 1.17 bits per heavy atom. The van der Waals surface area contributed by atoms with Gasteiger partial charge in [-0.15, -0.1) is 0 Å². The summed E-state index contributed by atoms with van der Waals surface area (Å²) in [6, 6.07) is 5.27. The van der Waals surface area contributed by atoms with E-state index in [9.17, 15) is 9.59 Å². The number of rotatable bonds is 5. The van der Waals surface area contributed by atoms with Crippen LogP contribution in [0.15, 0.2) is 30.4 Å². The highest BCUT2D eigenvalue weighted by molar-refractivity contribution is 5.85. The van der Waals surface area contributed by atoms with E-state index < -0.39 is 0 Å². The molecule has 6 nitrogen and oxygen atoms in total. The maximum absolute atomic E-state index is 11.9.